The average Bonchev–Trinajstić information content (AvgIpc) is 3.04. The molecular weight excluding hydrogens is 323 g/mol. The highest BCUT2D eigenvalue weighted by atomic mass is 19.1. The zero-order valence-electron chi connectivity index (χ0n) is 14.3. The van der Waals surface area contributed by atoms with Crippen molar-refractivity contribution in [3.05, 3.63) is 35.8 Å². The molecule has 0 unspecified atom stereocenters. The molecule has 0 bridgehead atoms. The normalized spacial score (nSPS) is 15.4. The van der Waals surface area contributed by atoms with Gasteiger partial charge in [0.15, 0.2) is 0 Å². The van der Waals surface area contributed by atoms with E-state index >= 15 is 0 Å². The number of hydrogen-bond acceptors (Lipinski definition) is 2. The van der Waals surface area contributed by atoms with Crippen molar-refractivity contribution in [2.75, 3.05) is 26.7 Å². The van der Waals surface area contributed by atoms with Gasteiger partial charge in [-0.15, -0.1) is 0 Å². The lowest BCUT2D eigenvalue weighted by Crippen LogP contribution is -2.40. The molecule has 6 nitrogen and oxygen atoms in total. The summed E-state index contributed by atoms with van der Waals surface area (Å²) in [5.41, 5.74) is 2.07. The first-order chi connectivity index (χ1) is 12.1. The molecule has 1 aromatic carbocycles. The first-order valence-corrected chi connectivity index (χ1v) is 8.58. The molecule has 0 spiro atoms. The number of carbonyl (C=O) groups excluding carboxylic acids is 2. The fraction of sp³-hybridized carbons (Fsp3) is 0.444. The highest BCUT2D eigenvalue weighted by Gasteiger charge is 2.25. The predicted octanol–water partition coefficient (Wildman–Crippen LogP) is 2.33. The molecule has 2 heterocycles. The number of amides is 3. The van der Waals surface area contributed by atoms with E-state index in [0.717, 1.165) is 29.3 Å². The number of aromatic nitrogens is 1. The van der Waals surface area contributed by atoms with Crippen molar-refractivity contribution in [1.29, 1.82) is 0 Å². The summed E-state index contributed by atoms with van der Waals surface area (Å²) in [5.74, 6) is 0.146. The van der Waals surface area contributed by atoms with Crippen LogP contribution in [0.4, 0.5) is 9.18 Å². The Morgan fingerprint density at radius 2 is 2.08 bits per heavy atom. The van der Waals surface area contributed by atoms with Gasteiger partial charge in [0.05, 0.1) is 0 Å². The molecular formula is C18H23FN4O2. The number of halogens is 1. The van der Waals surface area contributed by atoms with Crippen molar-refractivity contribution in [2.24, 2.45) is 0 Å². The second-order valence-electron chi connectivity index (χ2n) is 6.34. The van der Waals surface area contributed by atoms with E-state index in [1.165, 1.54) is 6.07 Å². The summed E-state index contributed by atoms with van der Waals surface area (Å²) >= 11 is 0. The second-order valence-corrected chi connectivity index (χ2v) is 6.34. The van der Waals surface area contributed by atoms with Crippen molar-refractivity contribution in [1.82, 2.24) is 20.5 Å². The fourth-order valence-corrected chi connectivity index (χ4v) is 3.42. The minimum atomic E-state index is -0.280. The number of hydrogen-bond donors (Lipinski definition) is 3. The molecule has 7 heteroatoms. The number of nitrogens with one attached hydrogen (secondary N) is 3. The number of likely N-dealkylation sites (tertiary alicyclic amines) is 1. The number of piperidine rings is 1. The SMILES string of the molecule is CNC(=O)NCCC(=O)N1CCC(c2c[nH]c3ccc(F)cc23)CC1. The Labute approximate surface area is 145 Å². The monoisotopic (exact) mass is 346 g/mol. The van der Waals surface area contributed by atoms with Gasteiger partial charge >= 0.3 is 6.03 Å². The lowest BCUT2D eigenvalue weighted by atomic mass is 9.89. The molecule has 3 rings (SSSR count). The molecule has 134 valence electrons. The maximum Gasteiger partial charge on any atom is 0.314 e. The summed E-state index contributed by atoms with van der Waals surface area (Å²) in [6.07, 6.45) is 3.98. The summed E-state index contributed by atoms with van der Waals surface area (Å²) in [5, 5.41) is 6.01. The molecule has 25 heavy (non-hydrogen) atoms. The predicted molar refractivity (Wildman–Crippen MR) is 93.9 cm³/mol. The Morgan fingerprint density at radius 3 is 2.80 bits per heavy atom. The van der Waals surface area contributed by atoms with Gasteiger partial charge < -0.3 is 20.5 Å². The molecule has 1 fully saturated rings. The molecule has 0 saturated carbocycles. The van der Waals surface area contributed by atoms with Crippen LogP contribution in [0.15, 0.2) is 24.4 Å². The Morgan fingerprint density at radius 1 is 1.32 bits per heavy atom. The van der Waals surface area contributed by atoms with E-state index in [-0.39, 0.29) is 17.8 Å². The second kappa shape index (κ2) is 7.55. The highest BCUT2D eigenvalue weighted by Crippen LogP contribution is 2.33. The van der Waals surface area contributed by atoms with Gasteiger partial charge in [0, 0.05) is 50.2 Å². The molecule has 1 aliphatic heterocycles. The van der Waals surface area contributed by atoms with E-state index in [9.17, 15) is 14.0 Å². The minimum absolute atomic E-state index is 0.0554. The van der Waals surface area contributed by atoms with Crippen molar-refractivity contribution in [3.63, 3.8) is 0 Å². The Kier molecular flexibility index (Phi) is 5.21. The number of urea groups is 1. The van der Waals surface area contributed by atoms with Crippen molar-refractivity contribution in [2.45, 2.75) is 25.2 Å². The smallest absolute Gasteiger partial charge is 0.314 e. The third-order valence-corrected chi connectivity index (χ3v) is 4.81. The number of rotatable bonds is 4. The molecule has 0 radical (unpaired) electrons. The van der Waals surface area contributed by atoms with E-state index in [1.54, 1.807) is 19.2 Å². The topological polar surface area (TPSA) is 77.2 Å². The Balaban J connectivity index is 1.55. The molecule has 0 aliphatic carbocycles. The third kappa shape index (κ3) is 3.92. The molecule has 1 aliphatic rings. The van der Waals surface area contributed by atoms with Crippen LogP contribution in [-0.2, 0) is 4.79 Å². The summed E-state index contributed by atoms with van der Waals surface area (Å²) in [4.78, 5) is 28.4. The highest BCUT2D eigenvalue weighted by molar-refractivity contribution is 5.84. The summed E-state index contributed by atoms with van der Waals surface area (Å²) < 4.78 is 13.5. The maximum absolute atomic E-state index is 13.5. The van der Waals surface area contributed by atoms with Crippen LogP contribution in [0.2, 0.25) is 0 Å². The summed E-state index contributed by atoms with van der Waals surface area (Å²) in [6.45, 7) is 1.71. The van der Waals surface area contributed by atoms with Crippen LogP contribution in [-0.4, -0.2) is 48.5 Å². The van der Waals surface area contributed by atoms with Crippen LogP contribution in [0.3, 0.4) is 0 Å². The van der Waals surface area contributed by atoms with E-state index in [2.05, 4.69) is 15.6 Å². The number of carbonyl (C=O) groups is 2. The molecule has 3 N–H and O–H groups in total. The Bertz CT molecular complexity index is 766. The average molecular weight is 346 g/mol. The molecule has 1 aromatic heterocycles. The van der Waals surface area contributed by atoms with E-state index in [4.69, 9.17) is 0 Å². The lowest BCUT2D eigenvalue weighted by Gasteiger charge is -2.32. The maximum atomic E-state index is 13.5. The molecule has 3 amide bonds. The van der Waals surface area contributed by atoms with Crippen molar-refractivity contribution >= 4 is 22.8 Å². The molecule has 0 atom stereocenters. The summed E-state index contributed by atoms with van der Waals surface area (Å²) in [6, 6.07) is 4.50. The third-order valence-electron chi connectivity index (χ3n) is 4.81. The number of H-pyrrole nitrogens is 1. The zero-order valence-corrected chi connectivity index (χ0v) is 14.3. The van der Waals surface area contributed by atoms with Gasteiger partial charge in [-0.1, -0.05) is 0 Å². The molecule has 1 saturated heterocycles. The van der Waals surface area contributed by atoms with E-state index in [0.29, 0.717) is 32.0 Å². The number of aromatic amines is 1. The van der Waals surface area contributed by atoms with Gasteiger partial charge in [-0.05, 0) is 42.5 Å². The quantitative estimate of drug-likeness (QED) is 0.795. The van der Waals surface area contributed by atoms with Crippen LogP contribution in [0.25, 0.3) is 10.9 Å². The van der Waals surface area contributed by atoms with Gasteiger partial charge in [-0.25, -0.2) is 9.18 Å². The van der Waals surface area contributed by atoms with Crippen LogP contribution < -0.4 is 10.6 Å². The van der Waals surface area contributed by atoms with E-state index < -0.39 is 0 Å². The van der Waals surface area contributed by atoms with Gasteiger partial charge in [0.1, 0.15) is 5.82 Å². The van der Waals surface area contributed by atoms with Crippen LogP contribution in [0.1, 0.15) is 30.7 Å². The first kappa shape index (κ1) is 17.3. The number of benzene rings is 1. The number of nitrogens with zero attached hydrogens (tertiary/aromatic N) is 1. The van der Waals surface area contributed by atoms with Gasteiger partial charge in [-0.3, -0.25) is 4.79 Å². The largest absolute Gasteiger partial charge is 0.361 e. The van der Waals surface area contributed by atoms with Crippen LogP contribution in [0, 0.1) is 5.82 Å². The fourth-order valence-electron chi connectivity index (χ4n) is 3.42. The van der Waals surface area contributed by atoms with Gasteiger partial charge in [0.2, 0.25) is 5.91 Å². The molecule has 2 aromatic rings. The van der Waals surface area contributed by atoms with Crippen LogP contribution in [0.5, 0.6) is 0 Å². The standard InChI is InChI=1S/C18H23FN4O2/c1-20-18(25)21-7-4-17(24)23-8-5-12(6-9-23)15-11-22-16-3-2-13(19)10-14(15)16/h2-3,10-12,22H,4-9H2,1H3,(H2,20,21,25). The van der Waals surface area contributed by atoms with E-state index in [1.807, 2.05) is 11.1 Å². The lowest BCUT2D eigenvalue weighted by molar-refractivity contribution is -0.132. The minimum Gasteiger partial charge on any atom is -0.361 e. The van der Waals surface area contributed by atoms with Gasteiger partial charge in [0.25, 0.3) is 0 Å². The van der Waals surface area contributed by atoms with Crippen molar-refractivity contribution < 1.29 is 14.0 Å². The first-order valence-electron chi connectivity index (χ1n) is 8.58. The van der Waals surface area contributed by atoms with Gasteiger partial charge in [-0.2, -0.15) is 0 Å². The van der Waals surface area contributed by atoms with Crippen LogP contribution >= 0.6 is 0 Å². The summed E-state index contributed by atoms with van der Waals surface area (Å²) in [7, 11) is 1.54. The number of fused-ring (bicyclic) bond motifs is 1. The Hall–Kier alpha value is -2.57. The zero-order chi connectivity index (χ0) is 17.8. The van der Waals surface area contributed by atoms with Crippen molar-refractivity contribution in [3.8, 4) is 0 Å².